The van der Waals surface area contributed by atoms with Crippen LogP contribution in [0.15, 0.2) is 91.0 Å². The Morgan fingerprint density at radius 2 is 1.14 bits per heavy atom. The van der Waals surface area contributed by atoms with Crippen molar-refractivity contribution in [2.45, 2.75) is 141 Å². The quantitative estimate of drug-likeness (QED) is 0.120. The summed E-state index contributed by atoms with van der Waals surface area (Å²) in [5.74, 6) is -1.16. The molecule has 1 aliphatic carbocycles. The van der Waals surface area contributed by atoms with E-state index in [2.05, 4.69) is 34.9 Å². The average Bonchev–Trinajstić information content (AvgIpc) is 3.75. The fourth-order valence-electron chi connectivity index (χ4n) is 11.7. The number of amides is 6. The van der Waals surface area contributed by atoms with Crippen molar-refractivity contribution in [1.29, 1.82) is 0 Å². The minimum absolute atomic E-state index is 0.0208. The summed E-state index contributed by atoms with van der Waals surface area (Å²) in [5, 5.41) is 16.9. The van der Waals surface area contributed by atoms with Crippen LogP contribution < -0.4 is 15.4 Å². The van der Waals surface area contributed by atoms with Crippen molar-refractivity contribution in [2.75, 3.05) is 26.3 Å². The molecule has 4 aromatic rings. The average molecular weight is 993 g/mol. The summed E-state index contributed by atoms with van der Waals surface area (Å²) >= 11 is 0. The van der Waals surface area contributed by atoms with Gasteiger partial charge in [0.25, 0.3) is 11.8 Å². The third-order valence-electron chi connectivity index (χ3n) is 15.9. The Hall–Kier alpha value is -6.58. The number of ether oxygens (including phenoxy) is 2. The molecule has 384 valence electrons. The molecule has 6 atom stereocenters. The van der Waals surface area contributed by atoms with Crippen LogP contribution >= 0.6 is 0 Å². The summed E-state index contributed by atoms with van der Waals surface area (Å²) in [6, 6.07) is 25.5. The number of likely N-dealkylation sites (tertiary alicyclic amines) is 2. The molecule has 73 heavy (non-hydrogen) atoms. The zero-order valence-corrected chi connectivity index (χ0v) is 42.3. The number of carbonyl (C=O) groups excluding carboxylic acids is 6. The Bertz CT molecular complexity index is 2730. The van der Waals surface area contributed by atoms with Crippen LogP contribution in [-0.2, 0) is 50.1 Å². The number of benzene rings is 4. The number of aliphatic hydroxyl groups excluding tert-OH is 1. The molecule has 0 bridgehead atoms. The van der Waals surface area contributed by atoms with Crippen LogP contribution in [0.25, 0.3) is 0 Å². The van der Waals surface area contributed by atoms with Gasteiger partial charge >= 0.3 is 0 Å². The summed E-state index contributed by atoms with van der Waals surface area (Å²) in [6.07, 6.45) is 3.09. The van der Waals surface area contributed by atoms with E-state index in [9.17, 15) is 33.9 Å². The molecule has 5 heterocycles. The normalized spacial score (nSPS) is 22.7. The number of nitrogens with zero attached hydrogens (tertiary/aromatic N) is 4. The van der Waals surface area contributed by atoms with Gasteiger partial charge in [0.05, 0.1) is 12.6 Å². The monoisotopic (exact) mass is 993 g/mol. The standard InChI is InChI=1S/C58H68N6O9/c1-34(2)51(57(70)61-32-44(65)25-49(61)53(66)59-28-36-9-13-38(14-10-36)40-17-18-40)64-31-43-19-20-45(26-48(43)56(64)69)73-46-27-50(54(67)60-29-37-11-15-39(16-12-37)41-21-23-72-24-22-41)62(33-46)58(71)52(35(3)4)63-30-42-7-5-6-8-47(42)55(63)68/h5-16,19-20,26,34-35,40-41,44,46,49-52,65H,17-18,21-25,27-33H2,1-4H3,(H,59,66)(H,60,67)/t44-,46-,49+,50+,51+,52+/m1/s1. The summed E-state index contributed by atoms with van der Waals surface area (Å²) in [4.78, 5) is 91.9. The van der Waals surface area contributed by atoms with E-state index in [-0.39, 0.29) is 86.9 Å². The molecule has 0 unspecified atom stereocenters. The van der Waals surface area contributed by atoms with Gasteiger partial charge in [-0.05, 0) is 101 Å². The van der Waals surface area contributed by atoms with E-state index < -0.39 is 42.3 Å². The first-order chi connectivity index (χ1) is 35.2. The maximum atomic E-state index is 14.9. The summed E-state index contributed by atoms with van der Waals surface area (Å²) in [6.45, 7) is 10.1. The lowest BCUT2D eigenvalue weighted by molar-refractivity contribution is -0.143. The molecule has 0 spiro atoms. The molecular weight excluding hydrogens is 925 g/mol. The second kappa shape index (κ2) is 21.1. The third kappa shape index (κ3) is 10.5. The predicted molar refractivity (Wildman–Crippen MR) is 272 cm³/mol. The fraction of sp³-hybridized carbons (Fsp3) is 0.483. The van der Waals surface area contributed by atoms with Gasteiger partial charge in [0, 0.05) is 69.9 Å². The Morgan fingerprint density at radius 3 is 1.68 bits per heavy atom. The van der Waals surface area contributed by atoms with Crippen LogP contribution in [-0.4, -0.2) is 123 Å². The van der Waals surface area contributed by atoms with Crippen molar-refractivity contribution in [1.82, 2.24) is 30.2 Å². The molecular formula is C58H68N6O9. The molecule has 6 amide bonds. The minimum atomic E-state index is -0.914. The van der Waals surface area contributed by atoms with E-state index in [4.69, 9.17) is 9.47 Å². The van der Waals surface area contributed by atoms with Crippen molar-refractivity contribution in [3.63, 3.8) is 0 Å². The van der Waals surface area contributed by atoms with E-state index in [1.165, 1.54) is 28.9 Å². The number of hydrogen-bond acceptors (Lipinski definition) is 9. The number of rotatable bonds is 16. The molecule has 3 saturated heterocycles. The minimum Gasteiger partial charge on any atom is -0.488 e. The molecule has 6 aliphatic rings. The molecule has 1 saturated carbocycles. The maximum absolute atomic E-state index is 14.9. The number of hydrogen-bond donors (Lipinski definition) is 3. The van der Waals surface area contributed by atoms with Crippen LogP contribution in [0.4, 0.5) is 0 Å². The highest BCUT2D eigenvalue weighted by molar-refractivity contribution is 6.03. The highest BCUT2D eigenvalue weighted by Gasteiger charge is 2.48. The summed E-state index contributed by atoms with van der Waals surface area (Å²) in [7, 11) is 0. The molecule has 4 fully saturated rings. The van der Waals surface area contributed by atoms with Crippen LogP contribution in [0.5, 0.6) is 5.75 Å². The number of aliphatic hydroxyl groups is 1. The maximum Gasteiger partial charge on any atom is 0.255 e. The molecule has 3 N–H and O–H groups in total. The van der Waals surface area contributed by atoms with Crippen LogP contribution in [0.3, 0.4) is 0 Å². The Kier molecular flexibility index (Phi) is 14.4. The molecule has 0 radical (unpaired) electrons. The molecule has 15 nitrogen and oxygen atoms in total. The van der Waals surface area contributed by atoms with Crippen molar-refractivity contribution < 1.29 is 43.3 Å². The van der Waals surface area contributed by atoms with Gasteiger partial charge in [-0.1, -0.05) is 100 Å². The van der Waals surface area contributed by atoms with Crippen LogP contribution in [0.1, 0.15) is 132 Å². The predicted octanol–water partition coefficient (Wildman–Crippen LogP) is 6.06. The smallest absolute Gasteiger partial charge is 0.255 e. The van der Waals surface area contributed by atoms with Gasteiger partial charge in [-0.15, -0.1) is 0 Å². The van der Waals surface area contributed by atoms with Gasteiger partial charge in [0.1, 0.15) is 36.0 Å². The first-order valence-corrected chi connectivity index (χ1v) is 26.3. The third-order valence-corrected chi connectivity index (χ3v) is 15.9. The van der Waals surface area contributed by atoms with E-state index >= 15 is 0 Å². The summed E-state index contributed by atoms with van der Waals surface area (Å²) < 4.78 is 12.1. The van der Waals surface area contributed by atoms with Crippen molar-refractivity contribution in [3.05, 3.63) is 136 Å². The van der Waals surface area contributed by atoms with Gasteiger partial charge in [-0.2, -0.15) is 0 Å². The van der Waals surface area contributed by atoms with E-state index in [0.29, 0.717) is 40.8 Å². The fourth-order valence-corrected chi connectivity index (χ4v) is 11.7. The highest BCUT2D eigenvalue weighted by atomic mass is 16.5. The van der Waals surface area contributed by atoms with Crippen molar-refractivity contribution in [3.8, 4) is 5.75 Å². The van der Waals surface area contributed by atoms with E-state index in [1.54, 1.807) is 39.0 Å². The largest absolute Gasteiger partial charge is 0.488 e. The van der Waals surface area contributed by atoms with E-state index in [1.807, 2.05) is 70.2 Å². The Labute approximate surface area is 427 Å². The van der Waals surface area contributed by atoms with Gasteiger partial charge in [0.2, 0.25) is 23.6 Å². The number of β-amino-alcohol motifs (C(OH)–C–C–N with tert-alkyl or cyclic N) is 1. The second-order valence-electron chi connectivity index (χ2n) is 21.7. The van der Waals surface area contributed by atoms with E-state index in [0.717, 1.165) is 42.7 Å². The first-order valence-electron chi connectivity index (χ1n) is 26.3. The second-order valence-corrected chi connectivity index (χ2v) is 21.7. The van der Waals surface area contributed by atoms with Gasteiger partial charge in [0.15, 0.2) is 0 Å². The zero-order valence-electron chi connectivity index (χ0n) is 42.3. The topological polar surface area (TPSA) is 178 Å². The molecule has 10 rings (SSSR count). The Morgan fingerprint density at radius 1 is 0.630 bits per heavy atom. The zero-order chi connectivity index (χ0) is 51.1. The lowest BCUT2D eigenvalue weighted by Crippen LogP contribution is -2.55. The Balaban J connectivity index is 0.829. The molecule has 4 aromatic carbocycles. The van der Waals surface area contributed by atoms with Crippen molar-refractivity contribution in [2.24, 2.45) is 11.8 Å². The molecule has 0 aromatic heterocycles. The van der Waals surface area contributed by atoms with Gasteiger partial charge < -0.3 is 44.8 Å². The number of carbonyl (C=O) groups is 6. The lowest BCUT2D eigenvalue weighted by Gasteiger charge is -2.35. The van der Waals surface area contributed by atoms with Crippen LogP contribution in [0.2, 0.25) is 0 Å². The lowest BCUT2D eigenvalue weighted by atomic mass is 9.91. The summed E-state index contributed by atoms with van der Waals surface area (Å²) in [5.41, 5.74) is 6.91. The SMILES string of the molecule is CC(C)[C@@H](C(=O)N1C[C@H](O)C[C@H]1C(=O)NCc1ccc(C2CC2)cc1)N1Cc2ccc(O[C@@H]3C[C@@H](C(=O)NCc4ccc(C5CCOCC5)cc4)N(C(=O)[C@H](C(C)C)N4Cc5ccccc5C4=O)C3)cc2C1=O. The van der Waals surface area contributed by atoms with Gasteiger partial charge in [-0.3, -0.25) is 28.8 Å². The van der Waals surface area contributed by atoms with Crippen molar-refractivity contribution >= 4 is 35.4 Å². The number of fused-ring (bicyclic) bond motifs is 2. The molecule has 5 aliphatic heterocycles. The molecule has 15 heteroatoms. The first kappa shape index (κ1) is 50.0. The van der Waals surface area contributed by atoms with Gasteiger partial charge in [-0.25, -0.2) is 0 Å². The van der Waals surface area contributed by atoms with Crippen LogP contribution in [0, 0.1) is 11.8 Å². The highest BCUT2D eigenvalue weighted by Crippen LogP contribution is 2.40. The number of nitrogens with one attached hydrogen (secondary N) is 2.